The number of aromatic amines is 1. The lowest BCUT2D eigenvalue weighted by Crippen LogP contribution is -2.20. The number of aliphatic carboxylic acids is 1. The third kappa shape index (κ3) is 2.11. The van der Waals surface area contributed by atoms with E-state index in [4.69, 9.17) is 9.63 Å². The minimum absolute atomic E-state index is 0.194. The second kappa shape index (κ2) is 3.92. The molecule has 0 saturated heterocycles. The molecule has 82 valence electrons. The van der Waals surface area contributed by atoms with Crippen LogP contribution in [0.3, 0.4) is 0 Å². The van der Waals surface area contributed by atoms with Crippen LogP contribution in [0.4, 0.5) is 0 Å². The molecule has 2 N–H and O–H groups in total. The van der Waals surface area contributed by atoms with Crippen molar-refractivity contribution < 1.29 is 14.4 Å². The Morgan fingerprint density at radius 1 is 1.40 bits per heavy atom. The maximum Gasteiger partial charge on any atom is 0.306 e. The first kappa shape index (κ1) is 10.0. The summed E-state index contributed by atoms with van der Waals surface area (Å²) < 4.78 is 5.01. The van der Waals surface area contributed by atoms with Crippen molar-refractivity contribution in [2.24, 2.45) is 5.92 Å². The number of carbonyl (C=O) groups is 1. The summed E-state index contributed by atoms with van der Waals surface area (Å²) in [4.78, 5) is 21.6. The Balaban J connectivity index is 1.99. The summed E-state index contributed by atoms with van der Waals surface area (Å²) in [7, 11) is 0. The Labute approximate surface area is 86.1 Å². The minimum atomic E-state index is -0.719. The Bertz CT molecular complexity index is 398. The normalized spacial score (nSPS) is 26.4. The van der Waals surface area contributed by atoms with Crippen molar-refractivity contribution >= 4 is 5.97 Å². The molecule has 15 heavy (non-hydrogen) atoms. The van der Waals surface area contributed by atoms with Gasteiger partial charge in [0.2, 0.25) is 0 Å². The van der Waals surface area contributed by atoms with Crippen LogP contribution in [-0.2, 0) is 4.79 Å². The van der Waals surface area contributed by atoms with Gasteiger partial charge in [0.15, 0.2) is 0 Å². The van der Waals surface area contributed by atoms with Crippen molar-refractivity contribution in [3.8, 4) is 0 Å². The highest BCUT2D eigenvalue weighted by atomic mass is 16.5. The molecule has 1 aliphatic rings. The molecule has 2 rings (SSSR count). The molecule has 0 radical (unpaired) electrons. The Hall–Kier alpha value is -1.52. The number of aromatic nitrogens is 1. The minimum Gasteiger partial charge on any atom is -0.481 e. The van der Waals surface area contributed by atoms with Gasteiger partial charge >= 0.3 is 5.97 Å². The van der Waals surface area contributed by atoms with Crippen molar-refractivity contribution in [2.45, 2.75) is 31.6 Å². The molecule has 1 heterocycles. The van der Waals surface area contributed by atoms with Gasteiger partial charge in [-0.1, -0.05) is 0 Å². The first-order chi connectivity index (χ1) is 7.16. The van der Waals surface area contributed by atoms with Crippen molar-refractivity contribution in [2.75, 3.05) is 0 Å². The molecule has 1 aromatic heterocycles. The van der Waals surface area contributed by atoms with Gasteiger partial charge in [-0.25, -0.2) is 0 Å². The fraction of sp³-hybridized carbons (Fsp3) is 0.600. The van der Waals surface area contributed by atoms with Crippen LogP contribution in [0.25, 0.3) is 0 Å². The van der Waals surface area contributed by atoms with E-state index in [0.717, 1.165) is 12.8 Å². The van der Waals surface area contributed by atoms with E-state index in [1.807, 2.05) is 0 Å². The van der Waals surface area contributed by atoms with Crippen LogP contribution in [0, 0.1) is 5.92 Å². The fourth-order valence-corrected chi connectivity index (χ4v) is 2.12. The largest absolute Gasteiger partial charge is 0.481 e. The summed E-state index contributed by atoms with van der Waals surface area (Å²) >= 11 is 0. The van der Waals surface area contributed by atoms with Gasteiger partial charge in [0.05, 0.1) is 5.92 Å². The summed E-state index contributed by atoms with van der Waals surface area (Å²) in [6.07, 6.45) is 2.87. The zero-order valence-corrected chi connectivity index (χ0v) is 8.23. The molecule has 0 aromatic carbocycles. The van der Waals surface area contributed by atoms with E-state index < -0.39 is 5.97 Å². The molecule has 1 fully saturated rings. The van der Waals surface area contributed by atoms with Gasteiger partial charge in [-0.2, -0.15) is 5.16 Å². The van der Waals surface area contributed by atoms with Crippen molar-refractivity contribution in [1.82, 2.24) is 5.16 Å². The second-order valence-electron chi connectivity index (χ2n) is 4.00. The molecule has 0 spiro atoms. The first-order valence-corrected chi connectivity index (χ1v) is 5.08. The van der Waals surface area contributed by atoms with Crippen LogP contribution in [0.15, 0.2) is 15.4 Å². The van der Waals surface area contributed by atoms with E-state index in [2.05, 4.69) is 5.16 Å². The molecule has 0 unspecified atom stereocenters. The summed E-state index contributed by atoms with van der Waals surface area (Å²) in [5, 5.41) is 11.1. The Morgan fingerprint density at radius 2 is 2.07 bits per heavy atom. The molecule has 0 aliphatic heterocycles. The third-order valence-electron chi connectivity index (χ3n) is 3.02. The van der Waals surface area contributed by atoms with Crippen LogP contribution >= 0.6 is 0 Å². The van der Waals surface area contributed by atoms with Gasteiger partial charge in [0.1, 0.15) is 5.76 Å². The lowest BCUT2D eigenvalue weighted by atomic mass is 9.81. The quantitative estimate of drug-likeness (QED) is 0.772. The summed E-state index contributed by atoms with van der Waals surface area (Å²) in [5.41, 5.74) is -0.231. The van der Waals surface area contributed by atoms with Crippen molar-refractivity contribution in [1.29, 1.82) is 0 Å². The fourth-order valence-electron chi connectivity index (χ4n) is 2.12. The predicted molar refractivity (Wildman–Crippen MR) is 51.7 cm³/mol. The summed E-state index contributed by atoms with van der Waals surface area (Å²) in [5.74, 6) is -0.0979. The number of H-pyrrole nitrogens is 1. The maximum atomic E-state index is 10.9. The molecule has 1 aromatic rings. The van der Waals surface area contributed by atoms with Crippen LogP contribution in [0.5, 0.6) is 0 Å². The Kier molecular flexibility index (Phi) is 2.62. The van der Waals surface area contributed by atoms with E-state index >= 15 is 0 Å². The second-order valence-corrected chi connectivity index (χ2v) is 4.00. The van der Waals surface area contributed by atoms with Gasteiger partial charge in [-0.15, -0.1) is 0 Å². The molecular weight excluding hydrogens is 198 g/mol. The highest BCUT2D eigenvalue weighted by molar-refractivity contribution is 5.70. The maximum absolute atomic E-state index is 10.9. The Morgan fingerprint density at radius 3 is 2.53 bits per heavy atom. The molecule has 1 saturated carbocycles. The first-order valence-electron chi connectivity index (χ1n) is 5.08. The number of hydrogen-bond donors (Lipinski definition) is 2. The van der Waals surface area contributed by atoms with Crippen LogP contribution in [0.2, 0.25) is 0 Å². The standard InChI is InChI=1S/C10H13NO4/c12-9-5-8(15-11-9)6-1-3-7(4-2-6)10(13)14/h5-7H,1-4H2,(H,11,12)(H,13,14). The van der Waals surface area contributed by atoms with E-state index in [-0.39, 0.29) is 17.4 Å². The summed E-state index contributed by atoms with van der Waals surface area (Å²) in [6, 6.07) is 1.45. The monoisotopic (exact) mass is 211 g/mol. The van der Waals surface area contributed by atoms with Crippen molar-refractivity contribution in [3.05, 3.63) is 22.2 Å². The van der Waals surface area contributed by atoms with Gasteiger partial charge < -0.3 is 9.63 Å². The average Bonchev–Trinajstić information content (AvgIpc) is 2.65. The predicted octanol–water partition coefficient (Wildman–Crippen LogP) is 1.33. The molecule has 0 amide bonds. The molecule has 0 atom stereocenters. The zero-order chi connectivity index (χ0) is 10.8. The van der Waals surface area contributed by atoms with Gasteiger partial charge in [-0.05, 0) is 25.7 Å². The smallest absolute Gasteiger partial charge is 0.306 e. The number of hydrogen-bond acceptors (Lipinski definition) is 3. The highest BCUT2D eigenvalue weighted by Crippen LogP contribution is 2.35. The summed E-state index contributed by atoms with van der Waals surface area (Å²) in [6.45, 7) is 0. The third-order valence-corrected chi connectivity index (χ3v) is 3.02. The number of rotatable bonds is 2. The van der Waals surface area contributed by atoms with Crippen LogP contribution in [-0.4, -0.2) is 16.2 Å². The molecule has 0 bridgehead atoms. The van der Waals surface area contributed by atoms with Crippen LogP contribution < -0.4 is 5.56 Å². The lowest BCUT2D eigenvalue weighted by molar-refractivity contribution is -0.142. The number of nitrogens with one attached hydrogen (secondary N) is 1. The number of carboxylic acid groups (broad SMARTS) is 1. The highest BCUT2D eigenvalue weighted by Gasteiger charge is 2.28. The van der Waals surface area contributed by atoms with E-state index in [9.17, 15) is 9.59 Å². The molecular formula is C10H13NO4. The zero-order valence-electron chi connectivity index (χ0n) is 8.23. The van der Waals surface area contributed by atoms with E-state index in [0.29, 0.717) is 18.6 Å². The topological polar surface area (TPSA) is 83.3 Å². The van der Waals surface area contributed by atoms with Gasteiger partial charge in [0, 0.05) is 12.0 Å². The average molecular weight is 211 g/mol. The molecule has 1 aliphatic carbocycles. The molecule has 5 nitrogen and oxygen atoms in total. The SMILES string of the molecule is O=C(O)C1CCC(c2cc(=O)[nH]o2)CC1. The lowest BCUT2D eigenvalue weighted by Gasteiger charge is -2.23. The van der Waals surface area contributed by atoms with Gasteiger partial charge in [0.25, 0.3) is 5.56 Å². The van der Waals surface area contributed by atoms with E-state index in [1.54, 1.807) is 0 Å². The number of carboxylic acids is 1. The van der Waals surface area contributed by atoms with E-state index in [1.165, 1.54) is 6.07 Å². The van der Waals surface area contributed by atoms with Gasteiger partial charge in [-0.3, -0.25) is 9.59 Å². The van der Waals surface area contributed by atoms with Crippen molar-refractivity contribution in [3.63, 3.8) is 0 Å². The molecule has 5 heteroatoms. The van der Waals surface area contributed by atoms with Crippen LogP contribution in [0.1, 0.15) is 37.4 Å².